The third-order valence-electron chi connectivity index (χ3n) is 4.12. The summed E-state index contributed by atoms with van der Waals surface area (Å²) in [6, 6.07) is 5.55. The first-order valence-electron chi connectivity index (χ1n) is 6.06. The van der Waals surface area contributed by atoms with Crippen molar-refractivity contribution in [2.24, 2.45) is 17.1 Å². The first-order chi connectivity index (χ1) is 7.89. The fourth-order valence-corrected chi connectivity index (χ4v) is 2.93. The number of hydrogen-bond acceptors (Lipinski definition) is 2. The number of nitrogens with two attached hydrogens (primary N) is 1. The van der Waals surface area contributed by atoms with E-state index in [1.807, 2.05) is 26.2 Å². The minimum absolute atomic E-state index is 0.147. The average Bonchev–Trinajstić information content (AvgIpc) is 2.79. The van der Waals surface area contributed by atoms with Gasteiger partial charge in [0.2, 0.25) is 0 Å². The fraction of sp³-hybridized carbons (Fsp3) is 0.571. The van der Waals surface area contributed by atoms with Gasteiger partial charge in [-0.15, -0.1) is 0 Å². The molecule has 2 rings (SSSR count). The average molecular weight is 236 g/mol. The van der Waals surface area contributed by atoms with Crippen molar-refractivity contribution < 1.29 is 4.39 Å². The molecule has 1 aliphatic rings. The maximum atomic E-state index is 13.9. The minimum atomic E-state index is -0.147. The van der Waals surface area contributed by atoms with Gasteiger partial charge >= 0.3 is 0 Å². The lowest BCUT2D eigenvalue weighted by Crippen LogP contribution is -2.10. The second-order valence-electron chi connectivity index (χ2n) is 5.75. The van der Waals surface area contributed by atoms with Crippen molar-refractivity contribution in [1.29, 1.82) is 0 Å². The molecule has 1 aliphatic carbocycles. The zero-order chi connectivity index (χ0) is 12.8. The molecule has 1 aromatic rings. The van der Waals surface area contributed by atoms with Crippen LogP contribution in [0, 0.1) is 17.2 Å². The van der Waals surface area contributed by atoms with E-state index in [0.29, 0.717) is 24.1 Å². The van der Waals surface area contributed by atoms with Gasteiger partial charge in [0.15, 0.2) is 0 Å². The Balaban J connectivity index is 2.28. The summed E-state index contributed by atoms with van der Waals surface area (Å²) in [5.74, 6) is 0.733. The van der Waals surface area contributed by atoms with Crippen molar-refractivity contribution >= 4 is 5.69 Å². The molecule has 1 fully saturated rings. The largest absolute Gasteiger partial charge is 0.375 e. The maximum Gasteiger partial charge on any atom is 0.146 e. The lowest BCUT2D eigenvalue weighted by Gasteiger charge is -2.14. The summed E-state index contributed by atoms with van der Waals surface area (Å²) in [6.07, 6.45) is 0. The Labute approximate surface area is 103 Å². The predicted molar refractivity (Wildman–Crippen MR) is 69.8 cm³/mol. The molecule has 0 unspecified atom stereocenters. The van der Waals surface area contributed by atoms with Crippen LogP contribution < -0.4 is 10.6 Å². The van der Waals surface area contributed by atoms with Gasteiger partial charge in [-0.3, -0.25) is 0 Å². The van der Waals surface area contributed by atoms with E-state index in [1.54, 1.807) is 11.0 Å². The third-order valence-corrected chi connectivity index (χ3v) is 4.12. The number of anilines is 1. The van der Waals surface area contributed by atoms with E-state index >= 15 is 0 Å². The van der Waals surface area contributed by atoms with E-state index < -0.39 is 0 Å². The molecule has 94 valence electrons. The second-order valence-corrected chi connectivity index (χ2v) is 5.75. The Hall–Kier alpha value is -1.09. The summed E-state index contributed by atoms with van der Waals surface area (Å²) in [6.45, 7) is 5.08. The highest BCUT2D eigenvalue weighted by atomic mass is 19.1. The fourth-order valence-electron chi connectivity index (χ4n) is 2.93. The molecular formula is C14H21FN2. The Bertz CT molecular complexity index is 426. The summed E-state index contributed by atoms with van der Waals surface area (Å²) in [5.41, 5.74) is 7.67. The molecule has 0 amide bonds. The van der Waals surface area contributed by atoms with Crippen LogP contribution in [-0.4, -0.2) is 20.6 Å². The molecule has 0 heterocycles. The van der Waals surface area contributed by atoms with Gasteiger partial charge in [0.1, 0.15) is 5.82 Å². The van der Waals surface area contributed by atoms with Crippen molar-refractivity contribution in [1.82, 2.24) is 0 Å². The molecule has 0 saturated heterocycles. The molecule has 1 aromatic carbocycles. The van der Waals surface area contributed by atoms with Gasteiger partial charge in [0.05, 0.1) is 5.69 Å². The molecule has 0 spiro atoms. The topological polar surface area (TPSA) is 29.3 Å². The third kappa shape index (κ3) is 1.93. The maximum absolute atomic E-state index is 13.9. The van der Waals surface area contributed by atoms with Crippen LogP contribution >= 0.6 is 0 Å². The SMILES string of the molecule is CN(C)c1ccc([C@H]2[C@H](CN)C2(C)C)cc1F. The molecule has 2 N–H and O–H groups in total. The number of halogens is 1. The van der Waals surface area contributed by atoms with E-state index in [1.165, 1.54) is 0 Å². The van der Waals surface area contributed by atoms with E-state index in [0.717, 1.165) is 5.56 Å². The Morgan fingerprint density at radius 1 is 1.35 bits per heavy atom. The van der Waals surface area contributed by atoms with E-state index in [2.05, 4.69) is 13.8 Å². The minimum Gasteiger partial charge on any atom is -0.375 e. The molecule has 0 bridgehead atoms. The second kappa shape index (κ2) is 3.98. The van der Waals surface area contributed by atoms with Crippen LogP contribution in [0.2, 0.25) is 0 Å². The molecule has 3 heteroatoms. The highest BCUT2D eigenvalue weighted by molar-refractivity contribution is 5.49. The van der Waals surface area contributed by atoms with Gasteiger partial charge in [0, 0.05) is 14.1 Å². The van der Waals surface area contributed by atoms with Gasteiger partial charge in [-0.2, -0.15) is 0 Å². The number of hydrogen-bond donors (Lipinski definition) is 1. The van der Waals surface area contributed by atoms with Crippen LogP contribution in [-0.2, 0) is 0 Å². The first kappa shape index (κ1) is 12.4. The van der Waals surface area contributed by atoms with Crippen molar-refractivity contribution in [3.8, 4) is 0 Å². The van der Waals surface area contributed by atoms with Crippen LogP contribution in [0.25, 0.3) is 0 Å². The lowest BCUT2D eigenvalue weighted by atomic mass is 10.0. The number of rotatable bonds is 3. The van der Waals surface area contributed by atoms with E-state index in [9.17, 15) is 4.39 Å². The van der Waals surface area contributed by atoms with E-state index in [4.69, 9.17) is 5.73 Å². The summed E-state index contributed by atoms with van der Waals surface area (Å²) in [4.78, 5) is 1.79. The van der Waals surface area contributed by atoms with Crippen LogP contribution in [0.3, 0.4) is 0 Å². The normalized spacial score (nSPS) is 25.8. The molecule has 17 heavy (non-hydrogen) atoms. The van der Waals surface area contributed by atoms with Crippen molar-refractivity contribution in [3.63, 3.8) is 0 Å². The summed E-state index contributed by atoms with van der Waals surface area (Å²) in [7, 11) is 3.70. The zero-order valence-corrected chi connectivity index (χ0v) is 11.0. The van der Waals surface area contributed by atoms with Crippen LogP contribution in [0.4, 0.5) is 10.1 Å². The molecule has 2 nitrogen and oxygen atoms in total. The number of benzene rings is 1. The van der Waals surface area contributed by atoms with E-state index in [-0.39, 0.29) is 11.2 Å². The van der Waals surface area contributed by atoms with Gasteiger partial charge in [-0.25, -0.2) is 4.39 Å². The quantitative estimate of drug-likeness (QED) is 0.874. The Kier molecular flexibility index (Phi) is 2.90. The zero-order valence-electron chi connectivity index (χ0n) is 11.0. The van der Waals surface area contributed by atoms with Crippen LogP contribution in [0.1, 0.15) is 25.3 Å². The molecule has 0 aromatic heterocycles. The monoisotopic (exact) mass is 236 g/mol. The van der Waals surface area contributed by atoms with Gasteiger partial charge < -0.3 is 10.6 Å². The predicted octanol–water partition coefficient (Wildman–Crippen LogP) is 2.59. The smallest absolute Gasteiger partial charge is 0.146 e. The van der Waals surface area contributed by atoms with Gasteiger partial charge in [-0.05, 0) is 41.5 Å². The summed E-state index contributed by atoms with van der Waals surface area (Å²) in [5, 5.41) is 0. The molecule has 0 radical (unpaired) electrons. The summed E-state index contributed by atoms with van der Waals surface area (Å²) >= 11 is 0. The number of nitrogens with zero attached hydrogens (tertiary/aromatic N) is 1. The molecule has 2 atom stereocenters. The standard InChI is InChI=1S/C14H21FN2/c1-14(2)10(8-16)13(14)9-5-6-12(17(3)4)11(15)7-9/h5-7,10,13H,8,16H2,1-4H3/t10-,13-/m0/s1. The van der Waals surface area contributed by atoms with Crippen LogP contribution in [0.5, 0.6) is 0 Å². The Morgan fingerprint density at radius 3 is 2.41 bits per heavy atom. The molecule has 1 saturated carbocycles. The molecule has 0 aliphatic heterocycles. The first-order valence-corrected chi connectivity index (χ1v) is 6.06. The summed E-state index contributed by atoms with van der Waals surface area (Å²) < 4.78 is 13.9. The van der Waals surface area contributed by atoms with Gasteiger partial charge in [-0.1, -0.05) is 19.9 Å². The van der Waals surface area contributed by atoms with Crippen molar-refractivity contribution in [2.45, 2.75) is 19.8 Å². The lowest BCUT2D eigenvalue weighted by molar-refractivity contribution is 0.558. The van der Waals surface area contributed by atoms with Crippen molar-refractivity contribution in [3.05, 3.63) is 29.6 Å². The highest BCUT2D eigenvalue weighted by Crippen LogP contribution is 2.63. The molecular weight excluding hydrogens is 215 g/mol. The highest BCUT2D eigenvalue weighted by Gasteiger charge is 2.57. The van der Waals surface area contributed by atoms with Crippen molar-refractivity contribution in [2.75, 3.05) is 25.5 Å². The van der Waals surface area contributed by atoms with Gasteiger partial charge in [0.25, 0.3) is 0 Å². The Morgan fingerprint density at radius 2 is 2.00 bits per heavy atom. The van der Waals surface area contributed by atoms with Crippen LogP contribution in [0.15, 0.2) is 18.2 Å².